The van der Waals surface area contributed by atoms with Crippen LogP contribution >= 0.6 is 0 Å². The van der Waals surface area contributed by atoms with Gasteiger partial charge in [0, 0.05) is 25.4 Å². The summed E-state index contributed by atoms with van der Waals surface area (Å²) in [4.78, 5) is 30.2. The number of amides is 1. The van der Waals surface area contributed by atoms with E-state index in [1.807, 2.05) is 18.2 Å². The summed E-state index contributed by atoms with van der Waals surface area (Å²) >= 11 is 0. The van der Waals surface area contributed by atoms with Gasteiger partial charge in [0.1, 0.15) is 6.26 Å². The predicted octanol–water partition coefficient (Wildman–Crippen LogP) is 1.86. The van der Waals surface area contributed by atoms with Gasteiger partial charge in [0.25, 0.3) is 5.91 Å². The second-order valence-electron chi connectivity index (χ2n) is 5.82. The van der Waals surface area contributed by atoms with Crippen molar-refractivity contribution in [3.8, 4) is 5.75 Å². The van der Waals surface area contributed by atoms with Gasteiger partial charge in [-0.2, -0.15) is 0 Å². The fraction of sp³-hybridized carbons (Fsp3) is 0.389. The van der Waals surface area contributed by atoms with E-state index in [-0.39, 0.29) is 28.9 Å². The van der Waals surface area contributed by atoms with E-state index in [0.29, 0.717) is 19.7 Å². The van der Waals surface area contributed by atoms with Gasteiger partial charge in [0.05, 0.1) is 25.5 Å². The normalized spacial score (nSPS) is 17.3. The molecule has 1 amide bonds. The molecule has 0 aliphatic carbocycles. The summed E-state index contributed by atoms with van der Waals surface area (Å²) in [6.07, 6.45) is 4.53. The number of piperidine rings is 1. The zero-order valence-corrected chi connectivity index (χ0v) is 14.0. The molecule has 0 aromatic carbocycles. The highest BCUT2D eigenvalue weighted by Gasteiger charge is 2.26. The van der Waals surface area contributed by atoms with E-state index < -0.39 is 0 Å². The zero-order valence-electron chi connectivity index (χ0n) is 14.0. The molecule has 132 valence electrons. The lowest BCUT2D eigenvalue weighted by atomic mass is 10.1. The smallest absolute Gasteiger partial charge is 0.289 e. The first kappa shape index (κ1) is 17.2. The maximum absolute atomic E-state index is 12.6. The number of aromatic nitrogens is 1. The number of likely N-dealkylation sites (tertiary alicyclic amines) is 1. The number of pyridine rings is 1. The molecule has 0 bridgehead atoms. The number of hydrogen-bond donors (Lipinski definition) is 0. The average Bonchev–Trinajstić information content (AvgIpc) is 2.67. The van der Waals surface area contributed by atoms with Crippen molar-refractivity contribution in [2.45, 2.75) is 25.6 Å². The number of methoxy groups -OCH3 is 1. The van der Waals surface area contributed by atoms with Gasteiger partial charge in [-0.3, -0.25) is 14.6 Å². The fourth-order valence-corrected chi connectivity index (χ4v) is 2.76. The number of ether oxygens (including phenoxy) is 2. The lowest BCUT2D eigenvalue weighted by molar-refractivity contribution is -0.00871. The van der Waals surface area contributed by atoms with Gasteiger partial charge < -0.3 is 18.8 Å². The van der Waals surface area contributed by atoms with Gasteiger partial charge in [0.15, 0.2) is 5.76 Å². The molecule has 7 heteroatoms. The highest BCUT2D eigenvalue weighted by molar-refractivity contribution is 5.91. The molecule has 2 aromatic heterocycles. The first-order chi connectivity index (χ1) is 12.2. The Morgan fingerprint density at radius 2 is 2.32 bits per heavy atom. The van der Waals surface area contributed by atoms with Crippen LogP contribution in [0.2, 0.25) is 0 Å². The van der Waals surface area contributed by atoms with E-state index in [4.69, 9.17) is 13.9 Å². The Bertz CT molecular complexity index is 775. The summed E-state index contributed by atoms with van der Waals surface area (Å²) in [5.41, 5.74) is 0.476. The third kappa shape index (κ3) is 4.24. The van der Waals surface area contributed by atoms with Crippen molar-refractivity contribution in [2.24, 2.45) is 0 Å². The molecular weight excluding hydrogens is 324 g/mol. The molecule has 0 radical (unpaired) electrons. The Hall–Kier alpha value is -2.67. The first-order valence-corrected chi connectivity index (χ1v) is 8.15. The molecule has 1 aliphatic heterocycles. The Labute approximate surface area is 145 Å². The molecular formula is C18H20N2O5. The van der Waals surface area contributed by atoms with Crippen LogP contribution in [-0.2, 0) is 11.3 Å². The van der Waals surface area contributed by atoms with Crippen molar-refractivity contribution < 1.29 is 18.7 Å². The minimum Gasteiger partial charge on any atom is -0.490 e. The van der Waals surface area contributed by atoms with Crippen molar-refractivity contribution in [1.82, 2.24) is 9.88 Å². The molecule has 0 spiro atoms. The summed E-state index contributed by atoms with van der Waals surface area (Å²) in [5, 5.41) is 0. The van der Waals surface area contributed by atoms with Crippen LogP contribution in [0, 0.1) is 0 Å². The second kappa shape index (κ2) is 7.94. The minimum absolute atomic E-state index is 0.0103. The van der Waals surface area contributed by atoms with Gasteiger partial charge in [-0.25, -0.2) is 0 Å². The van der Waals surface area contributed by atoms with Crippen LogP contribution in [0.5, 0.6) is 5.75 Å². The van der Waals surface area contributed by atoms with Gasteiger partial charge in [-0.1, -0.05) is 6.07 Å². The van der Waals surface area contributed by atoms with Crippen LogP contribution in [-0.4, -0.2) is 42.1 Å². The van der Waals surface area contributed by atoms with Gasteiger partial charge in [-0.15, -0.1) is 0 Å². The summed E-state index contributed by atoms with van der Waals surface area (Å²) in [6.45, 7) is 1.48. The molecule has 3 heterocycles. The van der Waals surface area contributed by atoms with E-state index in [1.54, 1.807) is 11.1 Å². The van der Waals surface area contributed by atoms with Crippen molar-refractivity contribution in [3.05, 3.63) is 58.4 Å². The highest BCUT2D eigenvalue weighted by Crippen LogP contribution is 2.17. The fourth-order valence-electron chi connectivity index (χ4n) is 2.76. The van der Waals surface area contributed by atoms with E-state index in [1.165, 1.54) is 13.2 Å². The standard InChI is InChI=1S/C18H20N2O5/c1-23-17-12-25-16(9-15(17)21)18(22)20-8-4-6-14(10-20)24-11-13-5-2-3-7-19-13/h2-3,5,7,9,12,14H,4,6,8,10-11H2,1H3/t14-/m0/s1. The SMILES string of the molecule is COc1coc(C(=O)N2CCC[C@H](OCc3ccccn3)C2)cc1=O. The van der Waals surface area contributed by atoms with Crippen molar-refractivity contribution in [3.63, 3.8) is 0 Å². The van der Waals surface area contributed by atoms with Gasteiger partial charge >= 0.3 is 0 Å². The highest BCUT2D eigenvalue weighted by atomic mass is 16.5. The third-order valence-corrected chi connectivity index (χ3v) is 4.09. The molecule has 7 nitrogen and oxygen atoms in total. The maximum Gasteiger partial charge on any atom is 0.289 e. The van der Waals surface area contributed by atoms with E-state index in [0.717, 1.165) is 24.8 Å². The monoisotopic (exact) mass is 344 g/mol. The number of rotatable bonds is 5. The third-order valence-electron chi connectivity index (χ3n) is 4.09. The zero-order chi connectivity index (χ0) is 17.6. The van der Waals surface area contributed by atoms with Crippen LogP contribution in [0.4, 0.5) is 0 Å². The average molecular weight is 344 g/mol. The summed E-state index contributed by atoms with van der Waals surface area (Å²) in [6, 6.07) is 6.83. The molecule has 1 atom stereocenters. The van der Waals surface area contributed by atoms with Crippen LogP contribution < -0.4 is 10.2 Å². The number of carbonyl (C=O) groups excluding carboxylic acids is 1. The molecule has 0 saturated carbocycles. The number of nitrogens with zero attached hydrogens (tertiary/aromatic N) is 2. The van der Waals surface area contributed by atoms with E-state index in [2.05, 4.69) is 4.98 Å². The second-order valence-corrected chi connectivity index (χ2v) is 5.82. The topological polar surface area (TPSA) is 81.9 Å². The quantitative estimate of drug-likeness (QED) is 0.823. The molecule has 1 saturated heterocycles. The Balaban J connectivity index is 1.61. The van der Waals surface area contributed by atoms with E-state index in [9.17, 15) is 9.59 Å². The van der Waals surface area contributed by atoms with Crippen molar-refractivity contribution >= 4 is 5.91 Å². The summed E-state index contributed by atoms with van der Waals surface area (Å²) in [5.74, 6) is -0.228. The largest absolute Gasteiger partial charge is 0.490 e. The summed E-state index contributed by atoms with van der Waals surface area (Å²) < 4.78 is 16.0. The van der Waals surface area contributed by atoms with Crippen LogP contribution in [0.3, 0.4) is 0 Å². The Morgan fingerprint density at radius 1 is 1.44 bits per heavy atom. The van der Waals surface area contributed by atoms with Gasteiger partial charge in [0.2, 0.25) is 11.2 Å². The Kier molecular flexibility index (Phi) is 5.45. The molecule has 1 aliphatic rings. The first-order valence-electron chi connectivity index (χ1n) is 8.15. The Morgan fingerprint density at radius 3 is 3.04 bits per heavy atom. The lowest BCUT2D eigenvalue weighted by Gasteiger charge is -2.32. The van der Waals surface area contributed by atoms with Crippen LogP contribution in [0.15, 0.2) is 45.9 Å². The lowest BCUT2D eigenvalue weighted by Crippen LogP contribution is -2.43. The van der Waals surface area contributed by atoms with Gasteiger partial charge in [-0.05, 0) is 25.0 Å². The molecule has 3 rings (SSSR count). The van der Waals surface area contributed by atoms with Crippen molar-refractivity contribution in [2.75, 3.05) is 20.2 Å². The van der Waals surface area contributed by atoms with E-state index >= 15 is 0 Å². The number of hydrogen-bond acceptors (Lipinski definition) is 6. The molecule has 1 fully saturated rings. The minimum atomic E-state index is -0.378. The predicted molar refractivity (Wildman–Crippen MR) is 89.5 cm³/mol. The molecule has 0 unspecified atom stereocenters. The number of carbonyl (C=O) groups is 1. The van der Waals surface area contributed by atoms with Crippen molar-refractivity contribution in [1.29, 1.82) is 0 Å². The molecule has 2 aromatic rings. The van der Waals surface area contributed by atoms with Crippen LogP contribution in [0.1, 0.15) is 29.1 Å². The maximum atomic E-state index is 12.6. The molecule has 25 heavy (non-hydrogen) atoms. The summed E-state index contributed by atoms with van der Waals surface area (Å²) in [7, 11) is 1.38. The molecule has 0 N–H and O–H groups in total. The van der Waals surface area contributed by atoms with Crippen LogP contribution in [0.25, 0.3) is 0 Å².